The predicted octanol–water partition coefficient (Wildman–Crippen LogP) is 4.22. The highest BCUT2D eigenvalue weighted by Gasteiger charge is 2.22. The summed E-state index contributed by atoms with van der Waals surface area (Å²) in [6.45, 7) is 8.99. The molecule has 0 aliphatic heterocycles. The maximum Gasteiger partial charge on any atom is 0.0447 e. The van der Waals surface area contributed by atoms with Gasteiger partial charge in [0.15, 0.2) is 0 Å². The van der Waals surface area contributed by atoms with Crippen LogP contribution in [0.4, 0.5) is 0 Å². The van der Waals surface area contributed by atoms with Gasteiger partial charge in [0, 0.05) is 18.6 Å². The molecule has 1 saturated carbocycles. The highest BCUT2D eigenvalue weighted by Crippen LogP contribution is 2.25. The number of likely N-dealkylation sites (N-methyl/N-ethyl adjacent to an activating group) is 2. The topological polar surface area (TPSA) is 15.3 Å². The number of aryl methyl sites for hydroxylation is 2. The number of hydrogen-bond donors (Lipinski definition) is 1. The van der Waals surface area contributed by atoms with E-state index in [-0.39, 0.29) is 0 Å². The fourth-order valence-corrected chi connectivity index (χ4v) is 3.56. The van der Waals surface area contributed by atoms with Crippen molar-refractivity contribution in [1.29, 1.82) is 0 Å². The highest BCUT2D eigenvalue weighted by atomic mass is 15.2. The quantitative estimate of drug-likeness (QED) is 0.843. The Kier molecular flexibility index (Phi) is 6.25. The van der Waals surface area contributed by atoms with Crippen LogP contribution in [0.15, 0.2) is 18.2 Å². The van der Waals surface area contributed by atoms with E-state index in [0.717, 1.165) is 19.1 Å². The SMILES string of the molecule is CCN(CC(NC)c1ccc(C)c(C)c1)C1CCCCC1. The van der Waals surface area contributed by atoms with Crippen LogP contribution in [0.2, 0.25) is 0 Å². The Balaban J connectivity index is 2.06. The zero-order chi connectivity index (χ0) is 15.2. The molecule has 2 nitrogen and oxygen atoms in total. The number of nitrogens with one attached hydrogen (secondary N) is 1. The third kappa shape index (κ3) is 4.31. The monoisotopic (exact) mass is 288 g/mol. The molecule has 1 unspecified atom stereocenters. The van der Waals surface area contributed by atoms with Gasteiger partial charge in [-0.2, -0.15) is 0 Å². The molecule has 0 spiro atoms. The van der Waals surface area contributed by atoms with E-state index in [1.54, 1.807) is 0 Å². The maximum absolute atomic E-state index is 3.53. The molecule has 1 aliphatic carbocycles. The molecule has 2 rings (SSSR count). The average molecular weight is 288 g/mol. The van der Waals surface area contributed by atoms with Crippen molar-refractivity contribution in [1.82, 2.24) is 10.2 Å². The second-order valence-corrected chi connectivity index (χ2v) is 6.56. The summed E-state index contributed by atoms with van der Waals surface area (Å²) in [5.41, 5.74) is 4.21. The normalized spacial score (nSPS) is 18.1. The van der Waals surface area contributed by atoms with Crippen LogP contribution in [0.3, 0.4) is 0 Å². The van der Waals surface area contributed by atoms with E-state index >= 15 is 0 Å². The molecule has 1 aliphatic rings. The lowest BCUT2D eigenvalue weighted by molar-refractivity contribution is 0.149. The van der Waals surface area contributed by atoms with Crippen LogP contribution >= 0.6 is 0 Å². The van der Waals surface area contributed by atoms with Crippen LogP contribution in [0.25, 0.3) is 0 Å². The van der Waals surface area contributed by atoms with Crippen LogP contribution in [0.1, 0.15) is 61.8 Å². The molecule has 1 atom stereocenters. The van der Waals surface area contributed by atoms with Crippen molar-refractivity contribution in [3.8, 4) is 0 Å². The van der Waals surface area contributed by atoms with Crippen molar-refractivity contribution in [2.75, 3.05) is 20.1 Å². The van der Waals surface area contributed by atoms with E-state index in [2.05, 4.69) is 56.2 Å². The summed E-state index contributed by atoms with van der Waals surface area (Å²) in [5, 5.41) is 3.53. The summed E-state index contributed by atoms with van der Waals surface area (Å²) in [6.07, 6.45) is 7.03. The molecule has 1 fully saturated rings. The maximum atomic E-state index is 3.53. The minimum absolute atomic E-state index is 0.436. The van der Waals surface area contributed by atoms with Gasteiger partial charge in [0.2, 0.25) is 0 Å². The van der Waals surface area contributed by atoms with Gasteiger partial charge in [-0.05, 0) is 57.0 Å². The highest BCUT2D eigenvalue weighted by molar-refractivity contribution is 5.31. The smallest absolute Gasteiger partial charge is 0.0447 e. The van der Waals surface area contributed by atoms with Crippen molar-refractivity contribution >= 4 is 0 Å². The van der Waals surface area contributed by atoms with Crippen LogP contribution in [0.5, 0.6) is 0 Å². The van der Waals surface area contributed by atoms with Gasteiger partial charge in [0.05, 0.1) is 0 Å². The second-order valence-electron chi connectivity index (χ2n) is 6.56. The number of hydrogen-bond acceptors (Lipinski definition) is 2. The largest absolute Gasteiger partial charge is 0.312 e. The van der Waals surface area contributed by atoms with E-state index in [9.17, 15) is 0 Å². The Labute approximate surface area is 130 Å². The van der Waals surface area contributed by atoms with Gasteiger partial charge in [-0.15, -0.1) is 0 Å². The Hall–Kier alpha value is -0.860. The van der Waals surface area contributed by atoms with Gasteiger partial charge in [-0.3, -0.25) is 4.90 Å². The fourth-order valence-electron chi connectivity index (χ4n) is 3.56. The van der Waals surface area contributed by atoms with Gasteiger partial charge >= 0.3 is 0 Å². The molecular formula is C19H32N2. The molecule has 0 amide bonds. The van der Waals surface area contributed by atoms with Crippen LogP contribution < -0.4 is 5.32 Å². The van der Waals surface area contributed by atoms with Gasteiger partial charge in [0.1, 0.15) is 0 Å². The van der Waals surface area contributed by atoms with Gasteiger partial charge in [-0.1, -0.05) is 44.4 Å². The zero-order valence-corrected chi connectivity index (χ0v) is 14.3. The molecule has 1 aromatic carbocycles. The third-order valence-electron chi connectivity index (χ3n) is 5.20. The lowest BCUT2D eigenvalue weighted by atomic mass is 9.93. The summed E-state index contributed by atoms with van der Waals surface area (Å²) in [7, 11) is 2.09. The molecule has 0 bridgehead atoms. The van der Waals surface area contributed by atoms with E-state index in [0.29, 0.717) is 6.04 Å². The summed E-state index contributed by atoms with van der Waals surface area (Å²) in [5.74, 6) is 0. The summed E-state index contributed by atoms with van der Waals surface area (Å²) in [4.78, 5) is 2.69. The van der Waals surface area contributed by atoms with Crippen molar-refractivity contribution in [3.05, 3.63) is 34.9 Å². The lowest BCUT2D eigenvalue weighted by Crippen LogP contribution is -2.41. The second kappa shape index (κ2) is 7.95. The van der Waals surface area contributed by atoms with E-state index in [4.69, 9.17) is 0 Å². The van der Waals surface area contributed by atoms with Crippen LogP contribution in [0, 0.1) is 13.8 Å². The first kappa shape index (κ1) is 16.5. The minimum Gasteiger partial charge on any atom is -0.312 e. The first-order chi connectivity index (χ1) is 10.2. The van der Waals surface area contributed by atoms with Crippen LogP contribution in [-0.2, 0) is 0 Å². The lowest BCUT2D eigenvalue weighted by Gasteiger charge is -2.36. The van der Waals surface area contributed by atoms with Crippen molar-refractivity contribution in [2.24, 2.45) is 0 Å². The third-order valence-corrected chi connectivity index (χ3v) is 5.20. The fraction of sp³-hybridized carbons (Fsp3) is 0.684. The molecular weight excluding hydrogens is 256 g/mol. The van der Waals surface area contributed by atoms with Crippen molar-refractivity contribution < 1.29 is 0 Å². The molecule has 0 saturated heterocycles. The summed E-state index contributed by atoms with van der Waals surface area (Å²) in [6, 6.07) is 8.13. The summed E-state index contributed by atoms with van der Waals surface area (Å²) >= 11 is 0. The minimum atomic E-state index is 0.436. The molecule has 118 valence electrons. The molecule has 0 radical (unpaired) electrons. The summed E-state index contributed by atoms with van der Waals surface area (Å²) < 4.78 is 0. The van der Waals surface area contributed by atoms with Crippen LogP contribution in [-0.4, -0.2) is 31.1 Å². The first-order valence-corrected chi connectivity index (χ1v) is 8.64. The van der Waals surface area contributed by atoms with E-state index in [1.807, 2.05) is 0 Å². The first-order valence-electron chi connectivity index (χ1n) is 8.64. The Bertz CT molecular complexity index is 435. The molecule has 1 N–H and O–H groups in total. The number of benzene rings is 1. The zero-order valence-electron chi connectivity index (χ0n) is 14.3. The Morgan fingerprint density at radius 1 is 1.14 bits per heavy atom. The van der Waals surface area contributed by atoms with Crippen molar-refractivity contribution in [2.45, 2.75) is 65.0 Å². The Morgan fingerprint density at radius 2 is 1.86 bits per heavy atom. The van der Waals surface area contributed by atoms with Gasteiger partial charge in [-0.25, -0.2) is 0 Å². The molecule has 2 heteroatoms. The van der Waals surface area contributed by atoms with E-state index in [1.165, 1.54) is 48.8 Å². The standard InChI is InChI=1S/C19H32N2/c1-5-21(18-9-7-6-8-10-18)14-19(20-4)17-12-11-15(2)16(3)13-17/h11-13,18-20H,5-10,14H2,1-4H3. The molecule has 0 heterocycles. The molecule has 0 aromatic heterocycles. The molecule has 1 aromatic rings. The molecule has 21 heavy (non-hydrogen) atoms. The van der Waals surface area contributed by atoms with Gasteiger partial charge in [0.25, 0.3) is 0 Å². The average Bonchev–Trinajstić information content (AvgIpc) is 2.52. The number of nitrogens with zero attached hydrogens (tertiary/aromatic N) is 1. The van der Waals surface area contributed by atoms with E-state index < -0.39 is 0 Å². The number of rotatable bonds is 6. The van der Waals surface area contributed by atoms with Gasteiger partial charge < -0.3 is 5.32 Å². The van der Waals surface area contributed by atoms with Crippen molar-refractivity contribution in [3.63, 3.8) is 0 Å². The predicted molar refractivity (Wildman–Crippen MR) is 91.8 cm³/mol. The Morgan fingerprint density at radius 3 is 2.43 bits per heavy atom.